The fourth-order valence-electron chi connectivity index (χ4n) is 1.56. The Morgan fingerprint density at radius 3 is 2.80 bits per heavy atom. The van der Waals surface area contributed by atoms with E-state index in [1.54, 1.807) is 6.07 Å². The molecule has 82 valence electrons. The molecule has 1 aromatic rings. The Labute approximate surface area is 88.1 Å². The van der Waals surface area contributed by atoms with Crippen LogP contribution in [-0.2, 0) is 4.79 Å². The van der Waals surface area contributed by atoms with Gasteiger partial charge in [0.2, 0.25) is 0 Å². The molecule has 1 nitrogen and oxygen atoms in total. The number of unbranched alkanes of at least 4 members (excludes halogenated alkanes) is 1. The monoisotopic (exact) mass is 212 g/mol. The van der Waals surface area contributed by atoms with Crippen molar-refractivity contribution >= 4 is 6.29 Å². The number of carbonyl (C=O) groups excluding carboxylic acids is 1. The highest BCUT2D eigenvalue weighted by atomic mass is 19.2. The average Bonchev–Trinajstić information content (AvgIpc) is 2.22. The SMILES string of the molecule is CC(CCCC=O)c1cccc(F)c1F. The van der Waals surface area contributed by atoms with Crippen LogP contribution in [0.15, 0.2) is 18.2 Å². The van der Waals surface area contributed by atoms with Gasteiger partial charge in [0.25, 0.3) is 0 Å². The van der Waals surface area contributed by atoms with Gasteiger partial charge in [-0.1, -0.05) is 19.1 Å². The highest BCUT2D eigenvalue weighted by Gasteiger charge is 2.13. The standard InChI is InChI=1S/C12H14F2O/c1-9(5-2-3-8-15)10-6-4-7-11(13)12(10)14/h4,6-9H,2-3,5H2,1H3. The predicted molar refractivity (Wildman–Crippen MR) is 54.7 cm³/mol. The molecule has 0 saturated carbocycles. The Kier molecular flexibility index (Phi) is 4.40. The summed E-state index contributed by atoms with van der Waals surface area (Å²) in [7, 11) is 0. The molecule has 0 bridgehead atoms. The molecule has 1 aromatic carbocycles. The fraction of sp³-hybridized carbons (Fsp3) is 0.417. The Morgan fingerprint density at radius 2 is 2.13 bits per heavy atom. The lowest BCUT2D eigenvalue weighted by atomic mass is 9.95. The van der Waals surface area contributed by atoms with Gasteiger partial charge < -0.3 is 4.79 Å². The van der Waals surface area contributed by atoms with Gasteiger partial charge in [-0.2, -0.15) is 0 Å². The fourth-order valence-corrected chi connectivity index (χ4v) is 1.56. The van der Waals surface area contributed by atoms with Gasteiger partial charge in [-0.05, 0) is 30.4 Å². The zero-order valence-electron chi connectivity index (χ0n) is 8.67. The Hall–Kier alpha value is -1.25. The highest BCUT2D eigenvalue weighted by Crippen LogP contribution is 2.24. The van der Waals surface area contributed by atoms with E-state index >= 15 is 0 Å². The van der Waals surface area contributed by atoms with Gasteiger partial charge in [0.1, 0.15) is 6.29 Å². The first kappa shape index (κ1) is 11.8. The summed E-state index contributed by atoms with van der Waals surface area (Å²) >= 11 is 0. The van der Waals surface area contributed by atoms with Crippen LogP contribution in [0.2, 0.25) is 0 Å². The van der Waals surface area contributed by atoms with Gasteiger partial charge in [0.05, 0.1) is 0 Å². The summed E-state index contributed by atoms with van der Waals surface area (Å²) in [6.07, 6.45) is 2.72. The molecule has 0 fully saturated rings. The molecule has 0 spiro atoms. The molecular formula is C12H14F2O. The van der Waals surface area contributed by atoms with Crippen LogP contribution in [0.1, 0.15) is 37.7 Å². The Bertz CT molecular complexity index is 336. The number of rotatable bonds is 5. The largest absolute Gasteiger partial charge is 0.303 e. The van der Waals surface area contributed by atoms with Crippen molar-refractivity contribution in [2.75, 3.05) is 0 Å². The van der Waals surface area contributed by atoms with Crippen molar-refractivity contribution in [3.8, 4) is 0 Å². The Balaban J connectivity index is 2.68. The molecule has 0 N–H and O–H groups in total. The number of benzene rings is 1. The van der Waals surface area contributed by atoms with Crippen molar-refractivity contribution < 1.29 is 13.6 Å². The molecular weight excluding hydrogens is 198 g/mol. The molecule has 1 unspecified atom stereocenters. The van der Waals surface area contributed by atoms with Crippen LogP contribution < -0.4 is 0 Å². The highest BCUT2D eigenvalue weighted by molar-refractivity contribution is 5.49. The van der Waals surface area contributed by atoms with Gasteiger partial charge in [-0.3, -0.25) is 0 Å². The van der Waals surface area contributed by atoms with Crippen molar-refractivity contribution in [3.63, 3.8) is 0 Å². The number of halogens is 2. The summed E-state index contributed by atoms with van der Waals surface area (Å²) in [6.45, 7) is 1.84. The first-order chi connectivity index (χ1) is 7.16. The molecule has 0 aromatic heterocycles. The van der Waals surface area contributed by atoms with Gasteiger partial charge >= 0.3 is 0 Å². The minimum Gasteiger partial charge on any atom is -0.303 e. The molecule has 0 aliphatic carbocycles. The summed E-state index contributed by atoms with van der Waals surface area (Å²) < 4.78 is 26.2. The quantitative estimate of drug-likeness (QED) is 0.539. The van der Waals surface area contributed by atoms with E-state index in [1.807, 2.05) is 6.92 Å². The third-order valence-electron chi connectivity index (χ3n) is 2.47. The van der Waals surface area contributed by atoms with E-state index < -0.39 is 11.6 Å². The lowest BCUT2D eigenvalue weighted by Crippen LogP contribution is -1.99. The van der Waals surface area contributed by atoms with Crippen LogP contribution in [0.5, 0.6) is 0 Å². The third-order valence-corrected chi connectivity index (χ3v) is 2.47. The summed E-state index contributed by atoms with van der Waals surface area (Å²) in [6, 6.07) is 4.20. The molecule has 0 aliphatic heterocycles. The van der Waals surface area contributed by atoms with Crippen LogP contribution in [0.3, 0.4) is 0 Å². The van der Waals surface area contributed by atoms with Crippen molar-refractivity contribution in [1.82, 2.24) is 0 Å². The number of aldehydes is 1. The number of hydrogen-bond acceptors (Lipinski definition) is 1. The Morgan fingerprint density at radius 1 is 1.40 bits per heavy atom. The zero-order chi connectivity index (χ0) is 11.3. The average molecular weight is 212 g/mol. The van der Waals surface area contributed by atoms with Crippen LogP contribution in [0.4, 0.5) is 8.78 Å². The van der Waals surface area contributed by atoms with Crippen molar-refractivity contribution in [1.29, 1.82) is 0 Å². The zero-order valence-corrected chi connectivity index (χ0v) is 8.67. The van der Waals surface area contributed by atoms with Gasteiger partial charge in [-0.15, -0.1) is 0 Å². The summed E-state index contributed by atoms with van der Waals surface area (Å²) in [4.78, 5) is 10.1. The van der Waals surface area contributed by atoms with Gasteiger partial charge in [0, 0.05) is 6.42 Å². The van der Waals surface area contributed by atoms with Gasteiger partial charge in [0.15, 0.2) is 11.6 Å². The second kappa shape index (κ2) is 5.59. The van der Waals surface area contributed by atoms with Crippen LogP contribution >= 0.6 is 0 Å². The predicted octanol–water partition coefficient (Wildman–Crippen LogP) is 3.44. The van der Waals surface area contributed by atoms with E-state index in [4.69, 9.17) is 0 Å². The molecule has 0 heterocycles. The van der Waals surface area contributed by atoms with Crippen molar-refractivity contribution in [3.05, 3.63) is 35.4 Å². The second-order valence-corrected chi connectivity index (χ2v) is 3.64. The first-order valence-electron chi connectivity index (χ1n) is 5.04. The number of carbonyl (C=O) groups is 1. The van der Waals surface area contributed by atoms with E-state index in [9.17, 15) is 13.6 Å². The molecule has 3 heteroatoms. The first-order valence-corrected chi connectivity index (χ1v) is 5.04. The molecule has 0 aliphatic rings. The lowest BCUT2D eigenvalue weighted by molar-refractivity contribution is -0.107. The maximum absolute atomic E-state index is 13.3. The van der Waals surface area contributed by atoms with E-state index in [1.165, 1.54) is 6.07 Å². The van der Waals surface area contributed by atoms with E-state index in [2.05, 4.69) is 0 Å². The van der Waals surface area contributed by atoms with Crippen LogP contribution in [0.25, 0.3) is 0 Å². The van der Waals surface area contributed by atoms with Gasteiger partial charge in [-0.25, -0.2) is 8.78 Å². The third kappa shape index (κ3) is 3.11. The van der Waals surface area contributed by atoms with Crippen LogP contribution in [0, 0.1) is 11.6 Å². The van der Waals surface area contributed by atoms with Crippen molar-refractivity contribution in [2.45, 2.75) is 32.1 Å². The van der Waals surface area contributed by atoms with E-state index in [0.29, 0.717) is 24.8 Å². The molecule has 0 radical (unpaired) electrons. The summed E-state index contributed by atoms with van der Waals surface area (Å²) in [5.74, 6) is -1.63. The smallest absolute Gasteiger partial charge is 0.162 e. The minimum absolute atomic E-state index is 0.0550. The van der Waals surface area contributed by atoms with Crippen LogP contribution in [-0.4, -0.2) is 6.29 Å². The lowest BCUT2D eigenvalue weighted by Gasteiger charge is -2.12. The second-order valence-electron chi connectivity index (χ2n) is 3.64. The molecule has 15 heavy (non-hydrogen) atoms. The minimum atomic E-state index is -0.810. The molecule has 0 saturated heterocycles. The molecule has 1 atom stereocenters. The van der Waals surface area contributed by atoms with Crippen molar-refractivity contribution in [2.24, 2.45) is 0 Å². The molecule has 1 rings (SSSR count). The summed E-state index contributed by atoms with van der Waals surface area (Å²) in [5.41, 5.74) is 0.390. The number of hydrogen-bond donors (Lipinski definition) is 0. The van der Waals surface area contributed by atoms with E-state index in [-0.39, 0.29) is 5.92 Å². The normalized spacial score (nSPS) is 12.5. The maximum Gasteiger partial charge on any atom is 0.162 e. The maximum atomic E-state index is 13.3. The van der Waals surface area contributed by atoms with E-state index in [0.717, 1.165) is 12.4 Å². The summed E-state index contributed by atoms with van der Waals surface area (Å²) in [5, 5.41) is 0. The molecule has 0 amide bonds. The topological polar surface area (TPSA) is 17.1 Å².